The number of aromatic nitrogens is 1. The van der Waals surface area contributed by atoms with Crippen molar-refractivity contribution in [1.82, 2.24) is 10.4 Å². The molecule has 2 aromatic rings. The van der Waals surface area contributed by atoms with Crippen molar-refractivity contribution in [3.63, 3.8) is 0 Å². The van der Waals surface area contributed by atoms with Crippen LogP contribution in [0, 0.1) is 13.8 Å². The number of rotatable bonds is 5. The molecule has 0 aliphatic carbocycles. The lowest BCUT2D eigenvalue weighted by Gasteiger charge is -2.20. The number of benzene rings is 1. The van der Waals surface area contributed by atoms with E-state index in [2.05, 4.69) is 36.4 Å². The monoisotopic (exact) mass is 285 g/mol. The molecular formula is C17H23N3O. The van der Waals surface area contributed by atoms with Gasteiger partial charge in [0.2, 0.25) is 0 Å². The van der Waals surface area contributed by atoms with Crippen molar-refractivity contribution in [3.8, 4) is 5.75 Å². The first kappa shape index (κ1) is 15.5. The lowest BCUT2D eigenvalue weighted by molar-refractivity contribution is 0.241. The average molecular weight is 285 g/mol. The van der Waals surface area contributed by atoms with Gasteiger partial charge in [-0.3, -0.25) is 10.8 Å². The Balaban J connectivity index is 2.39. The average Bonchev–Trinajstić information content (AvgIpc) is 2.44. The molecule has 0 aliphatic heterocycles. The number of hydrogen-bond acceptors (Lipinski definition) is 4. The smallest absolute Gasteiger partial charge is 0.138 e. The lowest BCUT2D eigenvalue weighted by Crippen LogP contribution is -2.29. The zero-order valence-corrected chi connectivity index (χ0v) is 13.1. The summed E-state index contributed by atoms with van der Waals surface area (Å²) in [6.45, 7) is 8.20. The number of hydrogen-bond donors (Lipinski definition) is 2. The Morgan fingerprint density at radius 2 is 1.95 bits per heavy atom. The Morgan fingerprint density at radius 1 is 1.19 bits per heavy atom. The van der Waals surface area contributed by atoms with Crippen LogP contribution < -0.4 is 16.0 Å². The molecule has 0 amide bonds. The number of pyridine rings is 1. The van der Waals surface area contributed by atoms with Crippen molar-refractivity contribution in [2.45, 2.75) is 39.8 Å². The Bertz CT molecular complexity index is 611. The molecule has 0 aliphatic rings. The summed E-state index contributed by atoms with van der Waals surface area (Å²) in [5, 5.41) is 0. The van der Waals surface area contributed by atoms with Crippen molar-refractivity contribution < 1.29 is 4.74 Å². The molecule has 1 aromatic carbocycles. The van der Waals surface area contributed by atoms with E-state index in [9.17, 15) is 0 Å². The van der Waals surface area contributed by atoms with Crippen LogP contribution in [-0.2, 0) is 0 Å². The lowest BCUT2D eigenvalue weighted by atomic mass is 9.94. The maximum Gasteiger partial charge on any atom is 0.138 e. The normalized spacial score (nSPS) is 12.5. The molecule has 1 unspecified atom stereocenters. The van der Waals surface area contributed by atoms with E-state index in [-0.39, 0.29) is 12.1 Å². The van der Waals surface area contributed by atoms with E-state index in [1.54, 1.807) is 6.20 Å². The van der Waals surface area contributed by atoms with Crippen LogP contribution in [0.2, 0.25) is 0 Å². The van der Waals surface area contributed by atoms with E-state index < -0.39 is 0 Å². The van der Waals surface area contributed by atoms with E-state index in [1.807, 2.05) is 32.2 Å². The minimum atomic E-state index is -0.104. The molecule has 112 valence electrons. The van der Waals surface area contributed by atoms with Crippen molar-refractivity contribution in [1.29, 1.82) is 0 Å². The number of hydrazine groups is 1. The highest BCUT2D eigenvalue weighted by molar-refractivity contribution is 5.41. The van der Waals surface area contributed by atoms with Crippen LogP contribution in [-0.4, -0.2) is 11.1 Å². The van der Waals surface area contributed by atoms with Gasteiger partial charge in [-0.25, -0.2) is 5.43 Å². The zero-order chi connectivity index (χ0) is 15.4. The summed E-state index contributed by atoms with van der Waals surface area (Å²) in [7, 11) is 0. The Morgan fingerprint density at radius 3 is 2.62 bits per heavy atom. The summed E-state index contributed by atoms with van der Waals surface area (Å²) in [4.78, 5) is 4.26. The molecule has 3 N–H and O–H groups in total. The van der Waals surface area contributed by atoms with Crippen LogP contribution in [0.1, 0.15) is 42.1 Å². The van der Waals surface area contributed by atoms with Crippen molar-refractivity contribution >= 4 is 0 Å². The SMILES string of the molecule is Cc1cccc(C(NN)c2cncc(OC(C)C)c2)c1C. The molecule has 1 aromatic heterocycles. The Labute approximate surface area is 126 Å². The number of nitrogens with one attached hydrogen (secondary N) is 1. The maximum atomic E-state index is 5.79. The Hall–Kier alpha value is -1.91. The highest BCUT2D eigenvalue weighted by atomic mass is 16.5. The van der Waals surface area contributed by atoms with E-state index in [0.29, 0.717) is 0 Å². The molecule has 0 spiro atoms. The van der Waals surface area contributed by atoms with Gasteiger partial charge in [-0.2, -0.15) is 0 Å². The second-order valence-corrected chi connectivity index (χ2v) is 5.51. The summed E-state index contributed by atoms with van der Waals surface area (Å²) in [6.07, 6.45) is 3.66. The standard InChI is InChI=1S/C17H23N3O/c1-11(2)21-15-8-14(9-19-10-15)17(20-18)16-7-5-6-12(3)13(16)4/h5-11,17,20H,18H2,1-4H3. The van der Waals surface area contributed by atoms with Gasteiger partial charge in [0, 0.05) is 6.20 Å². The Kier molecular flexibility index (Phi) is 4.94. The summed E-state index contributed by atoms with van der Waals surface area (Å²) in [5.41, 5.74) is 7.51. The van der Waals surface area contributed by atoms with Gasteiger partial charge in [0.25, 0.3) is 0 Å². The summed E-state index contributed by atoms with van der Waals surface area (Å²) >= 11 is 0. The van der Waals surface area contributed by atoms with Crippen LogP contribution in [0.25, 0.3) is 0 Å². The predicted molar refractivity (Wildman–Crippen MR) is 85.1 cm³/mol. The number of nitrogens with two attached hydrogens (primary N) is 1. The second kappa shape index (κ2) is 6.70. The molecule has 0 radical (unpaired) electrons. The van der Waals surface area contributed by atoms with E-state index >= 15 is 0 Å². The molecule has 0 fully saturated rings. The highest BCUT2D eigenvalue weighted by Crippen LogP contribution is 2.27. The summed E-state index contributed by atoms with van der Waals surface area (Å²) in [5.74, 6) is 6.55. The van der Waals surface area contributed by atoms with Crippen LogP contribution in [0.15, 0.2) is 36.7 Å². The van der Waals surface area contributed by atoms with Gasteiger partial charge in [-0.15, -0.1) is 0 Å². The molecule has 4 heteroatoms. The third-order valence-corrected chi connectivity index (χ3v) is 3.56. The minimum Gasteiger partial charge on any atom is -0.489 e. The first-order valence-corrected chi connectivity index (χ1v) is 7.16. The molecule has 0 bridgehead atoms. The predicted octanol–water partition coefficient (Wildman–Crippen LogP) is 3.04. The quantitative estimate of drug-likeness (QED) is 0.655. The van der Waals surface area contributed by atoms with Gasteiger partial charge in [0.05, 0.1) is 18.3 Å². The van der Waals surface area contributed by atoms with Crippen molar-refractivity contribution in [3.05, 3.63) is 58.9 Å². The molecule has 0 saturated carbocycles. The zero-order valence-electron chi connectivity index (χ0n) is 13.1. The topological polar surface area (TPSA) is 60.2 Å². The molecule has 1 atom stereocenters. The van der Waals surface area contributed by atoms with Crippen LogP contribution in [0.3, 0.4) is 0 Å². The van der Waals surface area contributed by atoms with Gasteiger partial charge in [0.15, 0.2) is 0 Å². The van der Waals surface area contributed by atoms with E-state index in [4.69, 9.17) is 10.6 Å². The van der Waals surface area contributed by atoms with Crippen LogP contribution >= 0.6 is 0 Å². The largest absolute Gasteiger partial charge is 0.489 e. The molecule has 21 heavy (non-hydrogen) atoms. The van der Waals surface area contributed by atoms with Gasteiger partial charge < -0.3 is 4.74 Å². The van der Waals surface area contributed by atoms with Gasteiger partial charge >= 0.3 is 0 Å². The minimum absolute atomic E-state index is 0.104. The third-order valence-electron chi connectivity index (χ3n) is 3.56. The van der Waals surface area contributed by atoms with Crippen molar-refractivity contribution in [2.24, 2.45) is 5.84 Å². The number of ether oxygens (including phenoxy) is 1. The van der Waals surface area contributed by atoms with Gasteiger partial charge in [0.1, 0.15) is 5.75 Å². The first-order valence-electron chi connectivity index (χ1n) is 7.16. The molecule has 2 rings (SSSR count). The van der Waals surface area contributed by atoms with Gasteiger partial charge in [-0.1, -0.05) is 18.2 Å². The van der Waals surface area contributed by atoms with Gasteiger partial charge in [-0.05, 0) is 56.0 Å². The van der Waals surface area contributed by atoms with E-state index in [1.165, 1.54) is 11.1 Å². The third kappa shape index (κ3) is 3.60. The molecular weight excluding hydrogens is 262 g/mol. The number of aryl methyl sites for hydroxylation is 1. The fourth-order valence-corrected chi connectivity index (χ4v) is 2.38. The van der Waals surface area contributed by atoms with Crippen LogP contribution in [0.4, 0.5) is 0 Å². The van der Waals surface area contributed by atoms with Crippen LogP contribution in [0.5, 0.6) is 5.75 Å². The summed E-state index contributed by atoms with van der Waals surface area (Å²) < 4.78 is 5.71. The second-order valence-electron chi connectivity index (χ2n) is 5.51. The highest BCUT2D eigenvalue weighted by Gasteiger charge is 2.16. The fraction of sp³-hybridized carbons (Fsp3) is 0.353. The molecule has 0 saturated heterocycles. The van der Waals surface area contributed by atoms with E-state index in [0.717, 1.165) is 16.9 Å². The fourth-order valence-electron chi connectivity index (χ4n) is 2.38. The molecule has 1 heterocycles. The summed E-state index contributed by atoms with van der Waals surface area (Å²) in [6, 6.07) is 8.11. The number of nitrogens with zero attached hydrogens (tertiary/aromatic N) is 1. The van der Waals surface area contributed by atoms with Crippen molar-refractivity contribution in [2.75, 3.05) is 0 Å². The maximum absolute atomic E-state index is 5.79. The first-order chi connectivity index (χ1) is 10.0. The molecule has 4 nitrogen and oxygen atoms in total.